The molecule has 20 heavy (non-hydrogen) atoms. The number of benzene rings is 1. The average Bonchev–Trinajstić information content (AvgIpc) is 2.89. The molecule has 106 valence electrons. The fraction of sp³-hybridized carbons (Fsp3) is 0.438. The maximum absolute atomic E-state index is 12.6. The monoisotopic (exact) mass is 335 g/mol. The Morgan fingerprint density at radius 3 is 3.05 bits per heavy atom. The summed E-state index contributed by atoms with van der Waals surface area (Å²) in [6.07, 6.45) is 3.34. The van der Waals surface area contributed by atoms with Crippen LogP contribution >= 0.6 is 15.9 Å². The van der Waals surface area contributed by atoms with Crippen LogP contribution in [0.25, 0.3) is 11.0 Å². The topological polar surface area (TPSA) is 33.5 Å². The zero-order valence-corrected chi connectivity index (χ0v) is 13.1. The SMILES string of the molecule is Cc1ccc2oc(C(=O)N3CCCCC3CBr)cc2c1. The van der Waals surface area contributed by atoms with E-state index in [1.807, 2.05) is 36.1 Å². The van der Waals surface area contributed by atoms with Crippen molar-refractivity contribution in [3.8, 4) is 0 Å². The third kappa shape index (κ3) is 2.49. The summed E-state index contributed by atoms with van der Waals surface area (Å²) in [5.74, 6) is 0.474. The van der Waals surface area contributed by atoms with Crippen LogP contribution in [0.15, 0.2) is 28.7 Å². The molecule has 1 aliphatic rings. The molecule has 2 heterocycles. The van der Waals surface area contributed by atoms with Gasteiger partial charge in [0.1, 0.15) is 5.58 Å². The number of fused-ring (bicyclic) bond motifs is 1. The van der Waals surface area contributed by atoms with Crippen LogP contribution in [0, 0.1) is 6.92 Å². The predicted octanol–water partition coefficient (Wildman–Crippen LogP) is 4.13. The molecule has 1 amide bonds. The highest BCUT2D eigenvalue weighted by Crippen LogP contribution is 2.25. The zero-order valence-electron chi connectivity index (χ0n) is 11.6. The molecule has 0 radical (unpaired) electrons. The Labute approximate surface area is 127 Å². The second kappa shape index (κ2) is 5.60. The number of carbonyl (C=O) groups excluding carboxylic acids is 1. The van der Waals surface area contributed by atoms with Crippen LogP contribution in [0.5, 0.6) is 0 Å². The first-order chi connectivity index (χ1) is 9.69. The molecule has 3 rings (SSSR count). The number of halogens is 1. The van der Waals surface area contributed by atoms with Gasteiger partial charge in [-0.3, -0.25) is 4.79 Å². The highest BCUT2D eigenvalue weighted by molar-refractivity contribution is 9.09. The standard InChI is InChI=1S/C16H18BrNO2/c1-11-5-6-14-12(8-11)9-15(20-14)16(19)18-7-3-2-4-13(18)10-17/h5-6,8-9,13H,2-4,7,10H2,1H3. The fourth-order valence-corrected chi connectivity index (χ4v) is 3.51. The van der Waals surface area contributed by atoms with Gasteiger partial charge in [-0.25, -0.2) is 0 Å². The van der Waals surface area contributed by atoms with Crippen LogP contribution in [-0.4, -0.2) is 28.7 Å². The summed E-state index contributed by atoms with van der Waals surface area (Å²) in [7, 11) is 0. The summed E-state index contributed by atoms with van der Waals surface area (Å²) < 4.78 is 5.72. The lowest BCUT2D eigenvalue weighted by Crippen LogP contribution is -2.44. The Balaban J connectivity index is 1.91. The predicted molar refractivity (Wildman–Crippen MR) is 83.4 cm³/mol. The summed E-state index contributed by atoms with van der Waals surface area (Å²) in [5, 5.41) is 1.83. The molecule has 1 aromatic heterocycles. The molecule has 1 aliphatic heterocycles. The molecule has 4 heteroatoms. The Kier molecular flexibility index (Phi) is 3.83. The lowest BCUT2D eigenvalue weighted by atomic mass is 10.0. The first kappa shape index (κ1) is 13.7. The van der Waals surface area contributed by atoms with E-state index in [2.05, 4.69) is 15.9 Å². The van der Waals surface area contributed by atoms with Gasteiger partial charge >= 0.3 is 0 Å². The maximum atomic E-state index is 12.6. The second-order valence-electron chi connectivity index (χ2n) is 5.45. The van der Waals surface area contributed by atoms with Crippen LogP contribution in [0.3, 0.4) is 0 Å². The van der Waals surface area contributed by atoms with Crippen molar-refractivity contribution in [1.29, 1.82) is 0 Å². The van der Waals surface area contributed by atoms with E-state index in [9.17, 15) is 4.79 Å². The van der Waals surface area contributed by atoms with Crippen LogP contribution < -0.4 is 0 Å². The van der Waals surface area contributed by atoms with Crippen LogP contribution in [-0.2, 0) is 0 Å². The molecule has 0 bridgehead atoms. The lowest BCUT2D eigenvalue weighted by molar-refractivity contribution is 0.0611. The number of alkyl halides is 1. The maximum Gasteiger partial charge on any atom is 0.289 e. The summed E-state index contributed by atoms with van der Waals surface area (Å²) in [4.78, 5) is 14.6. The molecule has 0 N–H and O–H groups in total. The number of aryl methyl sites for hydroxylation is 1. The molecule has 0 aliphatic carbocycles. The van der Waals surface area contributed by atoms with Gasteiger partial charge in [-0.2, -0.15) is 0 Å². The first-order valence-corrected chi connectivity index (χ1v) is 8.18. The van der Waals surface area contributed by atoms with Gasteiger partial charge in [0.05, 0.1) is 0 Å². The summed E-state index contributed by atoms with van der Waals surface area (Å²) >= 11 is 3.51. The Morgan fingerprint density at radius 1 is 1.40 bits per heavy atom. The van der Waals surface area contributed by atoms with Gasteiger partial charge in [0.25, 0.3) is 5.91 Å². The Bertz CT molecular complexity index is 634. The van der Waals surface area contributed by atoms with E-state index in [0.717, 1.165) is 35.7 Å². The van der Waals surface area contributed by atoms with Crippen molar-refractivity contribution in [3.63, 3.8) is 0 Å². The average molecular weight is 336 g/mol. The molecule has 2 aromatic rings. The smallest absolute Gasteiger partial charge is 0.289 e. The minimum atomic E-state index is 0.0167. The molecular weight excluding hydrogens is 318 g/mol. The van der Waals surface area contributed by atoms with Crippen molar-refractivity contribution in [1.82, 2.24) is 4.90 Å². The molecule has 1 fully saturated rings. The molecule has 0 spiro atoms. The number of carbonyl (C=O) groups is 1. The van der Waals surface area contributed by atoms with Crippen molar-refractivity contribution < 1.29 is 9.21 Å². The molecule has 1 saturated heterocycles. The van der Waals surface area contributed by atoms with E-state index in [-0.39, 0.29) is 11.9 Å². The number of rotatable bonds is 2. The van der Waals surface area contributed by atoms with E-state index in [1.165, 1.54) is 12.0 Å². The van der Waals surface area contributed by atoms with E-state index in [0.29, 0.717) is 5.76 Å². The lowest BCUT2D eigenvalue weighted by Gasteiger charge is -2.34. The van der Waals surface area contributed by atoms with Gasteiger partial charge < -0.3 is 9.32 Å². The number of hydrogen-bond donors (Lipinski definition) is 0. The zero-order chi connectivity index (χ0) is 14.1. The van der Waals surface area contributed by atoms with E-state index in [1.54, 1.807) is 0 Å². The number of nitrogens with zero attached hydrogens (tertiary/aromatic N) is 1. The molecule has 0 saturated carbocycles. The third-order valence-corrected chi connectivity index (χ3v) is 4.70. The second-order valence-corrected chi connectivity index (χ2v) is 6.10. The summed E-state index contributed by atoms with van der Waals surface area (Å²) in [6, 6.07) is 8.13. The number of amides is 1. The van der Waals surface area contributed by atoms with Crippen LogP contribution in [0.4, 0.5) is 0 Å². The van der Waals surface area contributed by atoms with Gasteiger partial charge in [0.15, 0.2) is 5.76 Å². The molecular formula is C16H18BrNO2. The van der Waals surface area contributed by atoms with E-state index in [4.69, 9.17) is 4.42 Å². The van der Waals surface area contributed by atoms with E-state index < -0.39 is 0 Å². The van der Waals surface area contributed by atoms with Gasteiger partial charge in [-0.05, 0) is 44.4 Å². The van der Waals surface area contributed by atoms with Crippen molar-refractivity contribution >= 4 is 32.8 Å². The Morgan fingerprint density at radius 2 is 2.25 bits per heavy atom. The van der Waals surface area contributed by atoms with Crippen LogP contribution in [0.1, 0.15) is 35.4 Å². The van der Waals surface area contributed by atoms with Crippen molar-refractivity contribution in [2.24, 2.45) is 0 Å². The third-order valence-electron chi connectivity index (χ3n) is 3.95. The minimum absolute atomic E-state index is 0.0167. The normalized spacial score (nSPS) is 19.5. The molecule has 1 atom stereocenters. The molecule has 1 aromatic carbocycles. The van der Waals surface area contributed by atoms with Crippen LogP contribution in [0.2, 0.25) is 0 Å². The molecule has 3 nitrogen and oxygen atoms in total. The molecule has 1 unspecified atom stereocenters. The summed E-state index contributed by atoms with van der Waals surface area (Å²) in [6.45, 7) is 2.87. The summed E-state index contributed by atoms with van der Waals surface area (Å²) in [5.41, 5.74) is 1.96. The van der Waals surface area contributed by atoms with Gasteiger partial charge in [-0.15, -0.1) is 0 Å². The van der Waals surface area contributed by atoms with Gasteiger partial charge in [0, 0.05) is 23.3 Å². The largest absolute Gasteiger partial charge is 0.451 e. The van der Waals surface area contributed by atoms with Crippen molar-refractivity contribution in [3.05, 3.63) is 35.6 Å². The fourth-order valence-electron chi connectivity index (χ4n) is 2.84. The van der Waals surface area contributed by atoms with Gasteiger partial charge in [0.2, 0.25) is 0 Å². The van der Waals surface area contributed by atoms with E-state index >= 15 is 0 Å². The number of hydrogen-bond acceptors (Lipinski definition) is 2. The quantitative estimate of drug-likeness (QED) is 0.773. The number of likely N-dealkylation sites (tertiary alicyclic amines) is 1. The van der Waals surface area contributed by atoms with Gasteiger partial charge in [-0.1, -0.05) is 27.6 Å². The highest BCUT2D eigenvalue weighted by Gasteiger charge is 2.28. The number of furan rings is 1. The number of piperidine rings is 1. The first-order valence-electron chi connectivity index (χ1n) is 7.06. The highest BCUT2D eigenvalue weighted by atomic mass is 79.9. The Hall–Kier alpha value is -1.29. The minimum Gasteiger partial charge on any atom is -0.451 e. The van der Waals surface area contributed by atoms with Crippen molar-refractivity contribution in [2.45, 2.75) is 32.2 Å². The van der Waals surface area contributed by atoms with Crippen molar-refractivity contribution in [2.75, 3.05) is 11.9 Å².